The highest BCUT2D eigenvalue weighted by Crippen LogP contribution is 2.39. The predicted octanol–water partition coefficient (Wildman–Crippen LogP) is 1.88. The lowest BCUT2D eigenvalue weighted by molar-refractivity contribution is -0.120. The van der Waals surface area contributed by atoms with Gasteiger partial charge in [-0.3, -0.25) is 4.79 Å². The fraction of sp³-hybridized carbons (Fsp3) is 0.438. The lowest BCUT2D eigenvalue weighted by atomic mass is 9.96. The van der Waals surface area contributed by atoms with Crippen molar-refractivity contribution in [2.75, 3.05) is 13.2 Å². The number of amides is 1. The van der Waals surface area contributed by atoms with Crippen molar-refractivity contribution in [3.63, 3.8) is 0 Å². The molecule has 4 nitrogen and oxygen atoms in total. The Morgan fingerprint density at radius 1 is 1.52 bits per heavy atom. The van der Waals surface area contributed by atoms with Crippen molar-refractivity contribution in [2.45, 2.75) is 25.3 Å². The first-order valence-electron chi connectivity index (χ1n) is 7.08. The van der Waals surface area contributed by atoms with E-state index in [4.69, 9.17) is 4.74 Å². The number of nitrogens with one attached hydrogen (secondary N) is 1. The lowest BCUT2D eigenvalue weighted by Gasteiger charge is -2.30. The van der Waals surface area contributed by atoms with E-state index < -0.39 is 5.54 Å². The van der Waals surface area contributed by atoms with Crippen LogP contribution < -0.4 is 10.1 Å². The normalized spacial score (nSPS) is 19.9. The Balaban J connectivity index is 1.79. The molecular weight excluding hydrogens is 273 g/mol. The van der Waals surface area contributed by atoms with E-state index >= 15 is 0 Å². The number of benzene rings is 1. The number of halogens is 1. The highest BCUT2D eigenvalue weighted by molar-refractivity contribution is 5.99. The van der Waals surface area contributed by atoms with Crippen LogP contribution in [0.5, 0.6) is 5.75 Å². The molecule has 5 heteroatoms. The summed E-state index contributed by atoms with van der Waals surface area (Å²) in [5.74, 6) is 0.253. The fourth-order valence-corrected chi connectivity index (χ4v) is 2.61. The van der Waals surface area contributed by atoms with Crippen LogP contribution in [0.3, 0.4) is 0 Å². The molecule has 0 aromatic heterocycles. The zero-order valence-corrected chi connectivity index (χ0v) is 11.9. The van der Waals surface area contributed by atoms with Gasteiger partial charge in [0.25, 0.3) is 5.91 Å². The molecule has 0 radical (unpaired) electrons. The second-order valence-electron chi connectivity index (χ2n) is 5.94. The van der Waals surface area contributed by atoms with Crippen molar-refractivity contribution in [1.82, 2.24) is 5.32 Å². The second-order valence-corrected chi connectivity index (χ2v) is 5.94. The van der Waals surface area contributed by atoms with Gasteiger partial charge in [0.05, 0.1) is 17.7 Å². The van der Waals surface area contributed by atoms with Crippen molar-refractivity contribution >= 4 is 12.0 Å². The van der Waals surface area contributed by atoms with Gasteiger partial charge in [0.15, 0.2) is 0 Å². The molecule has 0 spiro atoms. The van der Waals surface area contributed by atoms with Crippen molar-refractivity contribution in [3.05, 3.63) is 35.2 Å². The average molecular weight is 291 g/mol. The minimum Gasteiger partial charge on any atom is -0.488 e. The summed E-state index contributed by atoms with van der Waals surface area (Å²) in [5.41, 5.74) is 0.400. The largest absolute Gasteiger partial charge is 0.488 e. The molecular formula is C16H18FNO3. The second kappa shape index (κ2) is 5.15. The maximum absolute atomic E-state index is 13.2. The van der Waals surface area contributed by atoms with Crippen molar-refractivity contribution in [2.24, 2.45) is 5.92 Å². The molecule has 1 saturated carbocycles. The molecule has 0 bridgehead atoms. The Hall–Kier alpha value is -1.88. The van der Waals surface area contributed by atoms with E-state index in [1.54, 1.807) is 12.1 Å². The van der Waals surface area contributed by atoms with Crippen molar-refractivity contribution in [1.29, 1.82) is 0 Å². The van der Waals surface area contributed by atoms with Crippen LogP contribution in [0, 0.1) is 11.7 Å². The van der Waals surface area contributed by atoms with Gasteiger partial charge in [0, 0.05) is 5.56 Å². The molecule has 1 atom stereocenters. The molecule has 1 heterocycles. The van der Waals surface area contributed by atoms with Gasteiger partial charge >= 0.3 is 0 Å². The van der Waals surface area contributed by atoms with Crippen molar-refractivity contribution in [3.8, 4) is 5.75 Å². The molecule has 1 aliphatic carbocycles. The topological polar surface area (TPSA) is 58.6 Å². The van der Waals surface area contributed by atoms with Crippen LogP contribution in [0.4, 0.5) is 4.39 Å². The van der Waals surface area contributed by atoms with E-state index in [-0.39, 0.29) is 24.9 Å². The zero-order chi connectivity index (χ0) is 15.0. The summed E-state index contributed by atoms with van der Waals surface area (Å²) in [7, 11) is 0. The maximum Gasteiger partial charge on any atom is 0.251 e. The maximum atomic E-state index is 13.2. The summed E-state index contributed by atoms with van der Waals surface area (Å²) in [6.07, 6.45) is 3.67. The molecule has 0 saturated heterocycles. The van der Waals surface area contributed by atoms with Crippen LogP contribution in [0.1, 0.15) is 25.3 Å². The Labute approximate surface area is 122 Å². The minimum absolute atomic E-state index is 0.0945. The highest BCUT2D eigenvalue weighted by atomic mass is 19.1. The third kappa shape index (κ3) is 2.78. The highest BCUT2D eigenvalue weighted by Gasteiger charge is 2.42. The molecule has 3 rings (SSSR count). The predicted molar refractivity (Wildman–Crippen MR) is 76.2 cm³/mol. The summed E-state index contributed by atoms with van der Waals surface area (Å²) in [4.78, 5) is 12.3. The first-order chi connectivity index (χ1) is 10.0. The molecule has 1 amide bonds. The summed E-state index contributed by atoms with van der Waals surface area (Å²) in [6, 6.07) is 4.22. The van der Waals surface area contributed by atoms with Crippen LogP contribution in [-0.2, 0) is 4.79 Å². The number of rotatable bonds is 4. The van der Waals surface area contributed by atoms with E-state index in [0.29, 0.717) is 22.8 Å². The third-order valence-corrected chi connectivity index (χ3v) is 4.18. The van der Waals surface area contributed by atoms with E-state index in [9.17, 15) is 14.3 Å². The van der Waals surface area contributed by atoms with Gasteiger partial charge in [0.1, 0.15) is 18.2 Å². The van der Waals surface area contributed by atoms with Gasteiger partial charge < -0.3 is 15.2 Å². The Kier molecular flexibility index (Phi) is 3.45. The van der Waals surface area contributed by atoms with Crippen LogP contribution in [-0.4, -0.2) is 29.8 Å². The van der Waals surface area contributed by atoms with Gasteiger partial charge in [-0.05, 0) is 50.0 Å². The first kappa shape index (κ1) is 14.1. The number of aliphatic hydroxyl groups excluding tert-OH is 1. The van der Waals surface area contributed by atoms with Crippen LogP contribution in [0.25, 0.3) is 6.08 Å². The fourth-order valence-electron chi connectivity index (χ4n) is 2.61. The summed E-state index contributed by atoms with van der Waals surface area (Å²) in [5, 5.41) is 12.4. The Morgan fingerprint density at radius 2 is 2.29 bits per heavy atom. The summed E-state index contributed by atoms with van der Waals surface area (Å²) in [6.45, 7) is 1.90. The first-order valence-corrected chi connectivity index (χ1v) is 7.08. The molecule has 2 aliphatic rings. The quantitative estimate of drug-likeness (QED) is 0.890. The molecule has 1 aromatic carbocycles. The van der Waals surface area contributed by atoms with E-state index in [1.165, 1.54) is 12.1 Å². The zero-order valence-electron chi connectivity index (χ0n) is 11.9. The summed E-state index contributed by atoms with van der Waals surface area (Å²) < 4.78 is 18.7. The molecule has 1 unspecified atom stereocenters. The smallest absolute Gasteiger partial charge is 0.251 e. The number of hydrogen-bond acceptors (Lipinski definition) is 3. The SMILES string of the molecule is CC(CO)(NC(=O)C1=Cc2cc(F)ccc2OC1)C1CC1. The number of carbonyl (C=O) groups is 1. The molecule has 21 heavy (non-hydrogen) atoms. The average Bonchev–Trinajstić information content (AvgIpc) is 3.31. The molecule has 2 N–H and O–H groups in total. The van der Waals surface area contributed by atoms with E-state index in [2.05, 4.69) is 5.32 Å². The monoisotopic (exact) mass is 291 g/mol. The number of carbonyl (C=O) groups excluding carboxylic acids is 1. The minimum atomic E-state index is -0.597. The standard InChI is InChI=1S/C16H18FNO3/c1-16(9-19,12-2-3-12)18-15(20)11-6-10-7-13(17)4-5-14(10)21-8-11/h4-7,12,19H,2-3,8-9H2,1H3,(H,18,20). The molecule has 112 valence electrons. The van der Waals surface area contributed by atoms with Crippen molar-refractivity contribution < 1.29 is 19.0 Å². The third-order valence-electron chi connectivity index (χ3n) is 4.18. The van der Waals surface area contributed by atoms with E-state index in [0.717, 1.165) is 12.8 Å². The van der Waals surface area contributed by atoms with Crippen LogP contribution in [0.15, 0.2) is 23.8 Å². The Morgan fingerprint density at radius 3 is 2.95 bits per heavy atom. The van der Waals surface area contributed by atoms with Gasteiger partial charge in [0.2, 0.25) is 0 Å². The van der Waals surface area contributed by atoms with Crippen LogP contribution in [0.2, 0.25) is 0 Å². The van der Waals surface area contributed by atoms with Gasteiger partial charge in [-0.2, -0.15) is 0 Å². The number of hydrogen-bond donors (Lipinski definition) is 2. The van der Waals surface area contributed by atoms with Gasteiger partial charge in [-0.15, -0.1) is 0 Å². The molecule has 1 fully saturated rings. The number of aliphatic hydroxyl groups is 1. The van der Waals surface area contributed by atoms with Crippen LogP contribution >= 0.6 is 0 Å². The summed E-state index contributed by atoms with van der Waals surface area (Å²) >= 11 is 0. The molecule has 1 aliphatic heterocycles. The van der Waals surface area contributed by atoms with E-state index in [1.807, 2.05) is 6.92 Å². The Bertz CT molecular complexity index is 610. The van der Waals surface area contributed by atoms with Gasteiger partial charge in [-0.1, -0.05) is 0 Å². The number of fused-ring (bicyclic) bond motifs is 1. The number of ether oxygens (including phenoxy) is 1. The lowest BCUT2D eigenvalue weighted by Crippen LogP contribution is -2.51. The van der Waals surface area contributed by atoms with Gasteiger partial charge in [-0.25, -0.2) is 4.39 Å². The molecule has 1 aromatic rings.